The summed E-state index contributed by atoms with van der Waals surface area (Å²) >= 11 is 6.24. The average molecular weight is 503 g/mol. The van der Waals surface area contributed by atoms with Crippen LogP contribution in [0.3, 0.4) is 0 Å². The van der Waals surface area contributed by atoms with Gasteiger partial charge in [0.15, 0.2) is 0 Å². The van der Waals surface area contributed by atoms with E-state index in [0.29, 0.717) is 5.56 Å². The van der Waals surface area contributed by atoms with Crippen LogP contribution in [0.2, 0.25) is 5.02 Å². The molecule has 0 saturated carbocycles. The number of hydrogen-bond donors (Lipinski definition) is 0. The summed E-state index contributed by atoms with van der Waals surface area (Å²) in [4.78, 5) is 43.9. The van der Waals surface area contributed by atoms with Gasteiger partial charge >= 0.3 is 12.2 Å². The number of amides is 4. The summed E-state index contributed by atoms with van der Waals surface area (Å²) < 4.78 is 40.6. The van der Waals surface area contributed by atoms with Gasteiger partial charge in [-0.05, 0) is 36.8 Å². The molecule has 35 heavy (non-hydrogen) atoms. The summed E-state index contributed by atoms with van der Waals surface area (Å²) in [5.74, 6) is -1.71. The number of nitriles is 1. The monoisotopic (exact) mass is 502 g/mol. The highest BCUT2D eigenvalue weighted by atomic mass is 35.5. The normalized spacial score (nSPS) is 25.3. The molecular weight excluding hydrogens is 485 g/mol. The van der Waals surface area contributed by atoms with Crippen LogP contribution in [0, 0.1) is 24.2 Å². The van der Waals surface area contributed by atoms with E-state index in [1.165, 1.54) is 34.1 Å². The summed E-state index contributed by atoms with van der Waals surface area (Å²) in [5, 5.41) is 9.31. The van der Waals surface area contributed by atoms with Crippen LogP contribution in [0.1, 0.15) is 34.0 Å². The Hall–Kier alpha value is -3.58. The molecule has 4 amide bonds. The summed E-state index contributed by atoms with van der Waals surface area (Å²) in [5.41, 5.74) is -0.738. The highest BCUT2D eigenvalue weighted by molar-refractivity contribution is 6.33. The summed E-state index contributed by atoms with van der Waals surface area (Å²) in [6.45, 7) is 3.39. The highest BCUT2D eigenvalue weighted by Gasteiger charge is 2.66. The number of urea groups is 1. The number of anilines is 1. The van der Waals surface area contributed by atoms with Crippen molar-refractivity contribution in [1.29, 1.82) is 5.26 Å². The number of rotatable bonds is 2. The molecule has 0 spiro atoms. The van der Waals surface area contributed by atoms with E-state index in [1.807, 2.05) is 6.07 Å². The Morgan fingerprint density at radius 2 is 1.86 bits per heavy atom. The van der Waals surface area contributed by atoms with Gasteiger partial charge in [-0.25, -0.2) is 9.69 Å². The molecule has 3 heterocycles. The molecule has 5 rings (SSSR count). The van der Waals surface area contributed by atoms with Crippen molar-refractivity contribution in [2.24, 2.45) is 5.92 Å². The highest BCUT2D eigenvalue weighted by Crippen LogP contribution is 2.47. The molecule has 180 valence electrons. The molecule has 3 saturated heterocycles. The van der Waals surface area contributed by atoms with Crippen LogP contribution in [-0.2, 0) is 11.0 Å². The first-order chi connectivity index (χ1) is 16.5. The predicted octanol–water partition coefficient (Wildman–Crippen LogP) is 4.22. The lowest BCUT2D eigenvalue weighted by Gasteiger charge is -2.35. The van der Waals surface area contributed by atoms with Gasteiger partial charge in [0.25, 0.3) is 11.8 Å². The van der Waals surface area contributed by atoms with E-state index in [4.69, 9.17) is 11.6 Å². The number of carbonyl (C=O) groups is 3. The maximum atomic E-state index is 13.5. The lowest BCUT2D eigenvalue weighted by molar-refractivity contribution is -0.138. The molecule has 3 aliphatic rings. The molecule has 11 heteroatoms. The number of halogens is 4. The van der Waals surface area contributed by atoms with Crippen molar-refractivity contribution >= 4 is 35.1 Å². The Bertz CT molecular complexity index is 1340. The minimum atomic E-state index is -4.72. The summed E-state index contributed by atoms with van der Waals surface area (Å²) in [6, 6.07) is 6.45. The third-order valence-corrected chi connectivity index (χ3v) is 7.69. The molecule has 2 aromatic carbocycles. The molecule has 3 fully saturated rings. The quantitative estimate of drug-likeness (QED) is 0.576. The second-order valence-corrected chi connectivity index (χ2v) is 9.29. The van der Waals surface area contributed by atoms with E-state index >= 15 is 0 Å². The number of piperazine rings is 1. The zero-order valence-corrected chi connectivity index (χ0v) is 19.3. The maximum absolute atomic E-state index is 13.5. The standard InChI is InChI=1S/C24H18ClF3N4O3/c1-11-16(8-7-13(9-29)18(11)25)32-22(34)20-19-12(2)17(31(20)23(32)35)10-30(19)21(33)14-5-3-4-6-15(14)24(26,27)28/h3-8,12,17,19-20H,10H2,1-2H3/t12-,17?,19?,20?/m0/s1. The number of hydrogen-bond acceptors (Lipinski definition) is 4. The van der Waals surface area contributed by atoms with Crippen LogP contribution >= 0.6 is 11.6 Å². The van der Waals surface area contributed by atoms with E-state index in [9.17, 15) is 32.8 Å². The Balaban J connectivity index is 1.51. The minimum absolute atomic E-state index is 0.0212. The van der Waals surface area contributed by atoms with Crippen LogP contribution in [0.5, 0.6) is 0 Å². The topological polar surface area (TPSA) is 84.7 Å². The molecule has 2 bridgehead atoms. The molecule has 4 atom stereocenters. The second-order valence-electron chi connectivity index (χ2n) is 8.91. The molecule has 2 aromatic rings. The number of likely N-dealkylation sites (tertiary alicyclic amines) is 1. The number of nitrogens with zero attached hydrogens (tertiary/aromatic N) is 4. The van der Waals surface area contributed by atoms with E-state index in [2.05, 4.69) is 0 Å². The third-order valence-electron chi connectivity index (χ3n) is 7.20. The molecule has 7 nitrogen and oxygen atoms in total. The van der Waals surface area contributed by atoms with Crippen LogP contribution in [0.25, 0.3) is 0 Å². The van der Waals surface area contributed by atoms with E-state index < -0.39 is 53.3 Å². The van der Waals surface area contributed by atoms with Crippen LogP contribution in [0.4, 0.5) is 23.7 Å². The number of benzene rings is 2. The van der Waals surface area contributed by atoms with Crippen molar-refractivity contribution in [3.63, 3.8) is 0 Å². The number of alkyl halides is 3. The lowest BCUT2D eigenvalue weighted by Crippen LogP contribution is -2.55. The first kappa shape index (κ1) is 23.2. The van der Waals surface area contributed by atoms with Gasteiger partial charge in [-0.2, -0.15) is 18.4 Å². The van der Waals surface area contributed by atoms with Crippen molar-refractivity contribution in [3.8, 4) is 6.07 Å². The van der Waals surface area contributed by atoms with E-state index in [0.717, 1.165) is 17.0 Å². The maximum Gasteiger partial charge on any atom is 0.417 e. The molecule has 3 unspecified atom stereocenters. The smallest absolute Gasteiger partial charge is 0.331 e. The molecule has 0 N–H and O–H groups in total. The fraction of sp³-hybridized carbons (Fsp3) is 0.333. The Labute approximate surface area is 203 Å². The number of fused-ring (bicyclic) bond motifs is 5. The predicted molar refractivity (Wildman–Crippen MR) is 119 cm³/mol. The van der Waals surface area contributed by atoms with Crippen molar-refractivity contribution in [3.05, 3.63) is 63.7 Å². The van der Waals surface area contributed by atoms with Crippen LogP contribution < -0.4 is 4.90 Å². The van der Waals surface area contributed by atoms with Crippen molar-refractivity contribution in [2.45, 2.75) is 38.1 Å². The second kappa shape index (κ2) is 7.71. The SMILES string of the molecule is Cc1c(N2C(=O)C3C4[C@@H](C)C(CN4C(=O)c4ccccc4C(F)(F)F)N3C2=O)ccc(C#N)c1Cl. The molecule has 3 aliphatic heterocycles. The lowest BCUT2D eigenvalue weighted by atomic mass is 9.98. The molecule has 0 aliphatic carbocycles. The largest absolute Gasteiger partial charge is 0.417 e. The minimum Gasteiger partial charge on any atom is -0.331 e. The first-order valence-electron chi connectivity index (χ1n) is 10.8. The average Bonchev–Trinajstić information content (AvgIpc) is 3.39. The van der Waals surface area contributed by atoms with Gasteiger partial charge in [-0.3, -0.25) is 9.59 Å². The van der Waals surface area contributed by atoms with Gasteiger partial charge in [0, 0.05) is 12.5 Å². The fourth-order valence-corrected chi connectivity index (χ4v) is 5.76. The third kappa shape index (κ3) is 3.14. The van der Waals surface area contributed by atoms with Crippen molar-refractivity contribution in [2.75, 3.05) is 11.4 Å². The first-order valence-corrected chi connectivity index (χ1v) is 11.2. The van der Waals surface area contributed by atoms with Crippen molar-refractivity contribution in [1.82, 2.24) is 9.80 Å². The molecule has 0 aromatic heterocycles. The number of carbonyl (C=O) groups excluding carboxylic acids is 3. The summed E-state index contributed by atoms with van der Waals surface area (Å²) in [7, 11) is 0. The van der Waals surface area contributed by atoms with Crippen LogP contribution in [0.15, 0.2) is 36.4 Å². The Kier molecular flexibility index (Phi) is 5.11. The number of imide groups is 1. The van der Waals surface area contributed by atoms with Crippen LogP contribution in [-0.4, -0.2) is 52.3 Å². The molecular formula is C24H18ClF3N4O3. The van der Waals surface area contributed by atoms with Gasteiger partial charge in [0.05, 0.1) is 39.5 Å². The van der Waals surface area contributed by atoms with Gasteiger partial charge in [0.2, 0.25) is 0 Å². The van der Waals surface area contributed by atoms with E-state index in [1.54, 1.807) is 13.8 Å². The summed E-state index contributed by atoms with van der Waals surface area (Å²) in [6.07, 6.45) is -4.72. The van der Waals surface area contributed by atoms with E-state index in [-0.39, 0.29) is 28.7 Å². The Morgan fingerprint density at radius 3 is 2.51 bits per heavy atom. The molecule has 0 radical (unpaired) electrons. The fourth-order valence-electron chi connectivity index (χ4n) is 5.55. The van der Waals surface area contributed by atoms with Gasteiger partial charge in [-0.15, -0.1) is 0 Å². The zero-order valence-electron chi connectivity index (χ0n) is 18.5. The Morgan fingerprint density at radius 1 is 1.17 bits per heavy atom. The van der Waals surface area contributed by atoms with Gasteiger partial charge < -0.3 is 9.80 Å². The van der Waals surface area contributed by atoms with Crippen molar-refractivity contribution < 1.29 is 27.6 Å². The zero-order chi connectivity index (χ0) is 25.4. The van der Waals surface area contributed by atoms with Gasteiger partial charge in [-0.1, -0.05) is 30.7 Å². The van der Waals surface area contributed by atoms with Gasteiger partial charge in [0.1, 0.15) is 12.1 Å².